The first-order valence-corrected chi connectivity index (χ1v) is 9.28. The molecule has 0 saturated carbocycles. The van der Waals surface area contributed by atoms with Gasteiger partial charge in [0.1, 0.15) is 16.5 Å². The summed E-state index contributed by atoms with van der Waals surface area (Å²) in [5, 5.41) is 14.7. The third-order valence-corrected chi connectivity index (χ3v) is 4.43. The standard InChI is InChI=1S/C19H20N4O3S/c1-3-11-26-16-6-4-5-13(12-16)17-22-23-19(27-17)21-18(24)20-14-7-9-15(25-2)10-8-14/h4-10,12H,3,11H2,1-2H3,(H2,20,21,23,24). The van der Waals surface area contributed by atoms with Gasteiger partial charge in [-0.25, -0.2) is 4.79 Å². The fourth-order valence-electron chi connectivity index (χ4n) is 2.26. The van der Waals surface area contributed by atoms with Crippen molar-refractivity contribution in [2.45, 2.75) is 13.3 Å². The summed E-state index contributed by atoms with van der Waals surface area (Å²) in [6.45, 7) is 2.72. The molecule has 3 rings (SSSR count). The number of ether oxygens (including phenoxy) is 2. The SMILES string of the molecule is CCCOc1cccc(-c2nnc(NC(=O)Nc3ccc(OC)cc3)s2)c1. The minimum atomic E-state index is -0.386. The van der Waals surface area contributed by atoms with E-state index in [1.54, 1.807) is 31.4 Å². The molecule has 2 N–H and O–H groups in total. The average molecular weight is 384 g/mol. The van der Waals surface area contributed by atoms with Gasteiger partial charge >= 0.3 is 6.03 Å². The van der Waals surface area contributed by atoms with Gasteiger partial charge in [0.2, 0.25) is 5.13 Å². The summed E-state index contributed by atoms with van der Waals surface area (Å²) < 4.78 is 10.7. The third kappa shape index (κ3) is 5.18. The number of nitrogens with one attached hydrogen (secondary N) is 2. The molecule has 0 aliphatic heterocycles. The van der Waals surface area contributed by atoms with E-state index in [4.69, 9.17) is 9.47 Å². The molecule has 140 valence electrons. The molecule has 0 radical (unpaired) electrons. The van der Waals surface area contributed by atoms with Crippen molar-refractivity contribution in [1.82, 2.24) is 10.2 Å². The van der Waals surface area contributed by atoms with Crippen LogP contribution in [0.2, 0.25) is 0 Å². The van der Waals surface area contributed by atoms with Crippen LogP contribution >= 0.6 is 11.3 Å². The van der Waals surface area contributed by atoms with E-state index in [0.29, 0.717) is 22.4 Å². The number of benzene rings is 2. The van der Waals surface area contributed by atoms with Crippen molar-refractivity contribution in [2.75, 3.05) is 24.4 Å². The second kappa shape index (κ2) is 9.00. The number of carbonyl (C=O) groups excluding carboxylic acids is 1. The molecule has 0 aliphatic carbocycles. The highest BCUT2D eigenvalue weighted by atomic mass is 32.1. The van der Waals surface area contributed by atoms with E-state index in [0.717, 1.165) is 23.5 Å². The lowest BCUT2D eigenvalue weighted by molar-refractivity contribution is 0.262. The smallest absolute Gasteiger partial charge is 0.325 e. The van der Waals surface area contributed by atoms with Crippen LogP contribution in [0.3, 0.4) is 0 Å². The van der Waals surface area contributed by atoms with Crippen LogP contribution in [0, 0.1) is 0 Å². The van der Waals surface area contributed by atoms with Gasteiger partial charge in [-0.1, -0.05) is 30.4 Å². The van der Waals surface area contributed by atoms with Crippen LogP contribution in [-0.2, 0) is 0 Å². The fraction of sp³-hybridized carbons (Fsp3) is 0.211. The van der Waals surface area contributed by atoms with Crippen LogP contribution in [0.5, 0.6) is 11.5 Å². The Labute approximate surface area is 161 Å². The first kappa shape index (κ1) is 18.7. The number of amides is 2. The highest BCUT2D eigenvalue weighted by Crippen LogP contribution is 2.29. The Morgan fingerprint density at radius 1 is 1.07 bits per heavy atom. The average Bonchev–Trinajstić information content (AvgIpc) is 3.15. The summed E-state index contributed by atoms with van der Waals surface area (Å²) in [5.41, 5.74) is 1.54. The number of hydrogen-bond acceptors (Lipinski definition) is 6. The van der Waals surface area contributed by atoms with E-state index in [2.05, 4.69) is 27.8 Å². The molecule has 1 aromatic heterocycles. The Morgan fingerprint density at radius 2 is 1.89 bits per heavy atom. The molecule has 3 aromatic rings. The number of rotatable bonds is 7. The summed E-state index contributed by atoms with van der Waals surface area (Å²) in [6.07, 6.45) is 0.945. The summed E-state index contributed by atoms with van der Waals surface area (Å²) >= 11 is 1.29. The quantitative estimate of drug-likeness (QED) is 0.619. The molecule has 0 aliphatic rings. The molecule has 27 heavy (non-hydrogen) atoms. The van der Waals surface area contributed by atoms with Crippen molar-refractivity contribution in [3.8, 4) is 22.1 Å². The Hall–Kier alpha value is -3.13. The van der Waals surface area contributed by atoms with Gasteiger partial charge in [0.05, 0.1) is 13.7 Å². The first-order chi connectivity index (χ1) is 13.2. The predicted molar refractivity (Wildman–Crippen MR) is 107 cm³/mol. The zero-order valence-corrected chi connectivity index (χ0v) is 15.9. The number of anilines is 2. The summed E-state index contributed by atoms with van der Waals surface area (Å²) in [4.78, 5) is 12.1. The minimum Gasteiger partial charge on any atom is -0.497 e. The van der Waals surface area contributed by atoms with Gasteiger partial charge in [-0.05, 0) is 42.8 Å². The Kier molecular flexibility index (Phi) is 6.22. The van der Waals surface area contributed by atoms with Crippen molar-refractivity contribution in [3.63, 3.8) is 0 Å². The van der Waals surface area contributed by atoms with Crippen LogP contribution < -0.4 is 20.1 Å². The number of nitrogens with zero attached hydrogens (tertiary/aromatic N) is 2. The van der Waals surface area contributed by atoms with Crippen molar-refractivity contribution in [1.29, 1.82) is 0 Å². The Morgan fingerprint density at radius 3 is 2.63 bits per heavy atom. The molecule has 1 heterocycles. The summed E-state index contributed by atoms with van der Waals surface area (Å²) in [5.74, 6) is 1.51. The van der Waals surface area contributed by atoms with Crippen LogP contribution in [0.4, 0.5) is 15.6 Å². The summed E-state index contributed by atoms with van der Waals surface area (Å²) in [7, 11) is 1.59. The van der Waals surface area contributed by atoms with Crippen LogP contribution in [0.1, 0.15) is 13.3 Å². The van der Waals surface area contributed by atoms with Gasteiger partial charge < -0.3 is 14.8 Å². The molecule has 0 unspecified atom stereocenters. The minimum absolute atomic E-state index is 0.386. The van der Waals surface area contributed by atoms with E-state index in [1.807, 2.05) is 24.3 Å². The third-order valence-electron chi connectivity index (χ3n) is 3.55. The lowest BCUT2D eigenvalue weighted by Crippen LogP contribution is -2.19. The zero-order valence-electron chi connectivity index (χ0n) is 15.1. The first-order valence-electron chi connectivity index (χ1n) is 8.46. The van der Waals surface area contributed by atoms with E-state index < -0.39 is 0 Å². The van der Waals surface area contributed by atoms with Crippen LogP contribution in [0.25, 0.3) is 10.6 Å². The maximum atomic E-state index is 12.1. The van der Waals surface area contributed by atoms with Crippen molar-refractivity contribution in [2.24, 2.45) is 0 Å². The maximum absolute atomic E-state index is 12.1. The largest absolute Gasteiger partial charge is 0.497 e. The number of carbonyl (C=O) groups is 1. The van der Waals surface area contributed by atoms with Crippen LogP contribution in [-0.4, -0.2) is 29.9 Å². The van der Waals surface area contributed by atoms with Gasteiger partial charge in [-0.3, -0.25) is 5.32 Å². The van der Waals surface area contributed by atoms with Gasteiger partial charge in [0.15, 0.2) is 0 Å². The lowest BCUT2D eigenvalue weighted by atomic mass is 10.2. The number of hydrogen-bond donors (Lipinski definition) is 2. The zero-order chi connectivity index (χ0) is 19.1. The molecule has 0 fully saturated rings. The predicted octanol–water partition coefficient (Wildman–Crippen LogP) is 4.65. The van der Waals surface area contributed by atoms with E-state index >= 15 is 0 Å². The molecular formula is C19H20N4O3S. The molecule has 8 heteroatoms. The van der Waals surface area contributed by atoms with Crippen molar-refractivity contribution in [3.05, 3.63) is 48.5 Å². The van der Waals surface area contributed by atoms with E-state index in [1.165, 1.54) is 11.3 Å². The Balaban J connectivity index is 1.62. The highest BCUT2D eigenvalue weighted by molar-refractivity contribution is 7.18. The number of methoxy groups -OCH3 is 1. The molecule has 0 bridgehead atoms. The van der Waals surface area contributed by atoms with Crippen LogP contribution in [0.15, 0.2) is 48.5 Å². The van der Waals surface area contributed by atoms with E-state index in [9.17, 15) is 4.79 Å². The second-order valence-corrected chi connectivity index (χ2v) is 6.57. The van der Waals surface area contributed by atoms with Gasteiger partial charge in [-0.2, -0.15) is 0 Å². The molecule has 0 spiro atoms. The normalized spacial score (nSPS) is 10.3. The topological polar surface area (TPSA) is 85.4 Å². The molecule has 2 amide bonds. The molecule has 2 aromatic carbocycles. The second-order valence-electron chi connectivity index (χ2n) is 5.60. The highest BCUT2D eigenvalue weighted by Gasteiger charge is 2.10. The summed E-state index contributed by atoms with van der Waals surface area (Å²) in [6, 6.07) is 14.3. The monoisotopic (exact) mass is 384 g/mol. The maximum Gasteiger partial charge on any atom is 0.325 e. The fourth-order valence-corrected chi connectivity index (χ4v) is 3.00. The van der Waals surface area contributed by atoms with Crippen molar-refractivity contribution < 1.29 is 14.3 Å². The molecule has 0 saturated heterocycles. The lowest BCUT2D eigenvalue weighted by Gasteiger charge is -2.06. The Bertz CT molecular complexity index is 896. The molecule has 0 atom stereocenters. The van der Waals surface area contributed by atoms with E-state index in [-0.39, 0.29) is 6.03 Å². The number of urea groups is 1. The molecule has 7 nitrogen and oxygen atoms in total. The van der Waals surface area contributed by atoms with Gasteiger partial charge in [0, 0.05) is 11.3 Å². The van der Waals surface area contributed by atoms with Gasteiger partial charge in [-0.15, -0.1) is 10.2 Å². The number of aromatic nitrogens is 2. The van der Waals surface area contributed by atoms with Gasteiger partial charge in [0.25, 0.3) is 0 Å². The molecular weight excluding hydrogens is 364 g/mol. The van der Waals surface area contributed by atoms with Crippen molar-refractivity contribution >= 4 is 28.2 Å².